The second kappa shape index (κ2) is 12.7. The van der Waals surface area contributed by atoms with Gasteiger partial charge in [-0.2, -0.15) is 0 Å². The van der Waals surface area contributed by atoms with E-state index in [1.807, 2.05) is 19.1 Å². The number of amides is 1. The second-order valence-corrected chi connectivity index (χ2v) is 6.77. The van der Waals surface area contributed by atoms with Crippen molar-refractivity contribution in [1.29, 1.82) is 0 Å². The number of nitrogens with one attached hydrogen (secondary N) is 2. The Morgan fingerprint density at radius 2 is 1.86 bits per heavy atom. The van der Waals surface area contributed by atoms with Gasteiger partial charge >= 0.3 is 0 Å². The van der Waals surface area contributed by atoms with E-state index in [0.717, 1.165) is 44.3 Å². The molecule has 158 valence electrons. The third kappa shape index (κ3) is 7.37. The Morgan fingerprint density at radius 3 is 2.39 bits per heavy atom. The molecule has 2 rings (SSSR count). The van der Waals surface area contributed by atoms with E-state index in [-0.39, 0.29) is 35.9 Å². The zero-order valence-corrected chi connectivity index (χ0v) is 19.7. The standard InChI is InChI=1S/C20H33N5O2.HI/c1-5-16(2)23-19(26)10-11-22-20(21-3)25-14-12-24(13-15-25)17-6-8-18(27-4)9-7-17;/h6-9,16H,5,10-15H2,1-4H3,(H,21,22)(H,23,26);1H. The Labute approximate surface area is 185 Å². The lowest BCUT2D eigenvalue weighted by Crippen LogP contribution is -2.53. The third-order valence-corrected chi connectivity index (χ3v) is 4.88. The second-order valence-electron chi connectivity index (χ2n) is 6.77. The van der Waals surface area contributed by atoms with Gasteiger partial charge in [-0.3, -0.25) is 9.79 Å². The van der Waals surface area contributed by atoms with Gasteiger partial charge in [0, 0.05) is 57.9 Å². The molecule has 1 aromatic carbocycles. The van der Waals surface area contributed by atoms with Crippen LogP contribution in [0.5, 0.6) is 5.75 Å². The zero-order chi connectivity index (χ0) is 19.6. The van der Waals surface area contributed by atoms with Crippen molar-refractivity contribution in [2.24, 2.45) is 4.99 Å². The normalized spacial score (nSPS) is 15.5. The number of ether oxygens (including phenoxy) is 1. The smallest absolute Gasteiger partial charge is 0.221 e. The van der Waals surface area contributed by atoms with Gasteiger partial charge in [-0.1, -0.05) is 6.92 Å². The number of benzene rings is 1. The van der Waals surface area contributed by atoms with Crippen LogP contribution in [-0.4, -0.2) is 69.7 Å². The van der Waals surface area contributed by atoms with Crippen LogP contribution < -0.4 is 20.3 Å². The van der Waals surface area contributed by atoms with E-state index in [2.05, 4.69) is 44.5 Å². The van der Waals surface area contributed by atoms with E-state index in [1.54, 1.807) is 14.2 Å². The molecule has 0 radical (unpaired) electrons. The summed E-state index contributed by atoms with van der Waals surface area (Å²) in [6.07, 6.45) is 1.40. The van der Waals surface area contributed by atoms with Gasteiger partial charge in [-0.15, -0.1) is 24.0 Å². The average molecular weight is 503 g/mol. The minimum Gasteiger partial charge on any atom is -0.497 e. The van der Waals surface area contributed by atoms with Crippen molar-refractivity contribution in [2.75, 3.05) is 51.8 Å². The molecule has 0 aliphatic carbocycles. The molecule has 8 heteroatoms. The average Bonchev–Trinajstić information content (AvgIpc) is 2.71. The number of hydrogen-bond acceptors (Lipinski definition) is 4. The number of anilines is 1. The Hall–Kier alpha value is -1.71. The van der Waals surface area contributed by atoms with Crippen molar-refractivity contribution in [3.8, 4) is 5.75 Å². The monoisotopic (exact) mass is 503 g/mol. The first-order valence-corrected chi connectivity index (χ1v) is 9.71. The van der Waals surface area contributed by atoms with E-state index >= 15 is 0 Å². The van der Waals surface area contributed by atoms with Crippen molar-refractivity contribution in [3.63, 3.8) is 0 Å². The maximum atomic E-state index is 11.9. The molecule has 1 aliphatic rings. The molecule has 1 aliphatic heterocycles. The van der Waals surface area contributed by atoms with Gasteiger partial charge in [0.25, 0.3) is 0 Å². The third-order valence-electron chi connectivity index (χ3n) is 4.88. The van der Waals surface area contributed by atoms with Crippen molar-refractivity contribution >= 4 is 41.5 Å². The molecule has 1 saturated heterocycles. The summed E-state index contributed by atoms with van der Waals surface area (Å²) >= 11 is 0. The summed E-state index contributed by atoms with van der Waals surface area (Å²) in [4.78, 5) is 20.9. The molecule has 1 fully saturated rings. The van der Waals surface area contributed by atoms with Crippen molar-refractivity contribution in [1.82, 2.24) is 15.5 Å². The van der Waals surface area contributed by atoms with Crippen LogP contribution in [0.25, 0.3) is 0 Å². The number of aliphatic imine (C=N–C) groups is 1. The quantitative estimate of drug-likeness (QED) is 0.340. The van der Waals surface area contributed by atoms with Gasteiger partial charge in [-0.25, -0.2) is 0 Å². The Bertz CT molecular complexity index is 616. The molecule has 1 unspecified atom stereocenters. The lowest BCUT2D eigenvalue weighted by atomic mass is 10.2. The van der Waals surface area contributed by atoms with Gasteiger partial charge in [0.1, 0.15) is 5.75 Å². The fourth-order valence-corrected chi connectivity index (χ4v) is 3.04. The number of halogens is 1. The molecule has 28 heavy (non-hydrogen) atoms. The lowest BCUT2D eigenvalue weighted by molar-refractivity contribution is -0.121. The van der Waals surface area contributed by atoms with Crippen LogP contribution in [0.3, 0.4) is 0 Å². The first-order chi connectivity index (χ1) is 13.1. The first-order valence-electron chi connectivity index (χ1n) is 9.71. The highest BCUT2D eigenvalue weighted by Gasteiger charge is 2.20. The number of carbonyl (C=O) groups excluding carboxylic acids is 1. The van der Waals surface area contributed by atoms with Crippen LogP contribution in [0.1, 0.15) is 26.7 Å². The fraction of sp³-hybridized carbons (Fsp3) is 0.600. The van der Waals surface area contributed by atoms with Crippen LogP contribution in [-0.2, 0) is 4.79 Å². The minimum atomic E-state index is 0. The summed E-state index contributed by atoms with van der Waals surface area (Å²) in [6.45, 7) is 8.33. The molecule has 1 heterocycles. The Balaban J connectivity index is 0.00000392. The molecule has 0 spiro atoms. The van der Waals surface area contributed by atoms with Gasteiger partial charge < -0.3 is 25.2 Å². The summed E-state index contributed by atoms with van der Waals surface area (Å²) in [7, 11) is 3.47. The van der Waals surface area contributed by atoms with Crippen molar-refractivity contribution in [3.05, 3.63) is 24.3 Å². The first kappa shape index (κ1) is 24.3. The SMILES string of the molecule is CCC(C)NC(=O)CCNC(=NC)N1CCN(c2ccc(OC)cc2)CC1.I. The number of guanidine groups is 1. The lowest BCUT2D eigenvalue weighted by Gasteiger charge is -2.37. The molecule has 2 N–H and O–H groups in total. The maximum absolute atomic E-state index is 11.9. The molecule has 0 saturated carbocycles. The molecular weight excluding hydrogens is 469 g/mol. The summed E-state index contributed by atoms with van der Waals surface area (Å²) in [5.74, 6) is 1.82. The molecule has 1 atom stereocenters. The summed E-state index contributed by atoms with van der Waals surface area (Å²) in [5.41, 5.74) is 1.21. The highest BCUT2D eigenvalue weighted by Crippen LogP contribution is 2.20. The van der Waals surface area contributed by atoms with Crippen molar-refractivity contribution in [2.45, 2.75) is 32.7 Å². The van der Waals surface area contributed by atoms with Gasteiger partial charge in [0.2, 0.25) is 5.91 Å². The topological polar surface area (TPSA) is 69.2 Å². The van der Waals surface area contributed by atoms with Gasteiger partial charge in [-0.05, 0) is 37.6 Å². The highest BCUT2D eigenvalue weighted by atomic mass is 127. The Morgan fingerprint density at radius 1 is 1.21 bits per heavy atom. The number of hydrogen-bond donors (Lipinski definition) is 2. The summed E-state index contributed by atoms with van der Waals surface area (Å²) < 4.78 is 5.22. The van der Waals surface area contributed by atoms with Crippen LogP contribution >= 0.6 is 24.0 Å². The van der Waals surface area contributed by atoms with Gasteiger partial charge in [0.05, 0.1) is 7.11 Å². The number of nitrogens with zero attached hydrogens (tertiary/aromatic N) is 3. The molecule has 7 nitrogen and oxygen atoms in total. The molecule has 1 aromatic rings. The van der Waals surface area contributed by atoms with E-state index in [4.69, 9.17) is 4.74 Å². The summed E-state index contributed by atoms with van der Waals surface area (Å²) in [6, 6.07) is 8.40. The van der Waals surface area contributed by atoms with E-state index in [1.165, 1.54) is 5.69 Å². The van der Waals surface area contributed by atoms with Gasteiger partial charge in [0.15, 0.2) is 5.96 Å². The zero-order valence-electron chi connectivity index (χ0n) is 17.4. The van der Waals surface area contributed by atoms with E-state index in [0.29, 0.717) is 13.0 Å². The van der Waals surface area contributed by atoms with Crippen molar-refractivity contribution < 1.29 is 9.53 Å². The summed E-state index contributed by atoms with van der Waals surface area (Å²) in [5, 5.41) is 6.30. The number of piperazine rings is 1. The van der Waals surface area contributed by atoms with Crippen LogP contribution in [0.2, 0.25) is 0 Å². The molecule has 0 bridgehead atoms. The van der Waals surface area contributed by atoms with Crippen LogP contribution in [0.15, 0.2) is 29.3 Å². The largest absolute Gasteiger partial charge is 0.497 e. The Kier molecular flexibility index (Phi) is 11.0. The van der Waals surface area contributed by atoms with E-state index < -0.39 is 0 Å². The predicted molar refractivity (Wildman–Crippen MR) is 126 cm³/mol. The fourth-order valence-electron chi connectivity index (χ4n) is 3.04. The van der Waals surface area contributed by atoms with Crippen LogP contribution in [0.4, 0.5) is 5.69 Å². The predicted octanol–water partition coefficient (Wildman–Crippen LogP) is 2.32. The van der Waals surface area contributed by atoms with Crippen LogP contribution in [0, 0.1) is 0 Å². The number of carbonyl (C=O) groups is 1. The molecular formula is C20H34IN5O2. The number of rotatable bonds is 7. The van der Waals surface area contributed by atoms with E-state index in [9.17, 15) is 4.79 Å². The number of methoxy groups -OCH3 is 1. The molecule has 0 aromatic heterocycles. The molecule has 1 amide bonds. The maximum Gasteiger partial charge on any atom is 0.221 e. The minimum absolute atomic E-state index is 0. The highest BCUT2D eigenvalue weighted by molar-refractivity contribution is 14.0.